The first kappa shape index (κ1) is 18.3. The molecule has 3 aromatic rings. The quantitative estimate of drug-likeness (QED) is 0.685. The van der Waals surface area contributed by atoms with Crippen molar-refractivity contribution in [1.82, 2.24) is 4.98 Å². The van der Waals surface area contributed by atoms with Crippen LogP contribution in [0.2, 0.25) is 0 Å². The Bertz CT molecular complexity index is 1010. The van der Waals surface area contributed by atoms with E-state index >= 15 is 0 Å². The number of benzene rings is 2. The van der Waals surface area contributed by atoms with Gasteiger partial charge >= 0.3 is 5.97 Å². The highest BCUT2D eigenvalue weighted by Gasteiger charge is 2.28. The number of carbonyl (C=O) groups excluding carboxylic acids is 2. The maximum absolute atomic E-state index is 12.8. The summed E-state index contributed by atoms with van der Waals surface area (Å²) in [7, 11) is 0. The minimum atomic E-state index is -0.790. The maximum Gasteiger partial charge on any atom is 0.306 e. The van der Waals surface area contributed by atoms with E-state index in [2.05, 4.69) is 4.98 Å². The van der Waals surface area contributed by atoms with E-state index in [4.69, 9.17) is 4.74 Å². The van der Waals surface area contributed by atoms with Gasteiger partial charge in [0.1, 0.15) is 0 Å². The summed E-state index contributed by atoms with van der Waals surface area (Å²) in [5, 5.41) is 1.12. The van der Waals surface area contributed by atoms with E-state index < -0.39 is 6.10 Å². The summed E-state index contributed by atoms with van der Waals surface area (Å²) in [5.74, 6) is -0.510. The lowest BCUT2D eigenvalue weighted by atomic mass is 10.0. The second kappa shape index (κ2) is 7.89. The van der Waals surface area contributed by atoms with Gasteiger partial charge in [-0.1, -0.05) is 36.4 Å². The number of amides is 1. The van der Waals surface area contributed by atoms with Crippen LogP contribution in [0.5, 0.6) is 0 Å². The third-order valence-electron chi connectivity index (χ3n) is 5.31. The normalized spacial score (nSPS) is 14.5. The first-order chi connectivity index (χ1) is 13.6. The minimum Gasteiger partial charge on any atom is -0.453 e. The predicted octanol–water partition coefficient (Wildman–Crippen LogP) is 4.01. The fourth-order valence-corrected chi connectivity index (χ4v) is 3.86. The summed E-state index contributed by atoms with van der Waals surface area (Å²) in [5.41, 5.74) is 4.23. The highest BCUT2D eigenvalue weighted by molar-refractivity contribution is 5.98. The number of aryl methyl sites for hydroxylation is 2. The van der Waals surface area contributed by atoms with E-state index in [0.29, 0.717) is 13.0 Å². The average Bonchev–Trinajstić information content (AvgIpc) is 3.14. The van der Waals surface area contributed by atoms with E-state index in [-0.39, 0.29) is 18.3 Å². The first-order valence-corrected chi connectivity index (χ1v) is 9.77. The van der Waals surface area contributed by atoms with Gasteiger partial charge in [0.2, 0.25) is 0 Å². The van der Waals surface area contributed by atoms with E-state index in [1.54, 1.807) is 11.8 Å². The van der Waals surface area contributed by atoms with Gasteiger partial charge in [0.25, 0.3) is 5.91 Å². The fraction of sp³-hybridized carbons (Fsp3) is 0.304. The molecule has 5 heteroatoms. The van der Waals surface area contributed by atoms with Crippen LogP contribution in [0.25, 0.3) is 10.9 Å². The molecule has 0 fully saturated rings. The van der Waals surface area contributed by atoms with Crippen molar-refractivity contribution in [3.05, 3.63) is 65.9 Å². The van der Waals surface area contributed by atoms with Crippen LogP contribution in [0.3, 0.4) is 0 Å². The largest absolute Gasteiger partial charge is 0.453 e. The van der Waals surface area contributed by atoms with Crippen molar-refractivity contribution >= 4 is 28.5 Å². The molecular formula is C23H24N2O3. The van der Waals surface area contributed by atoms with E-state index in [1.165, 1.54) is 5.56 Å². The van der Waals surface area contributed by atoms with Gasteiger partial charge in [-0.2, -0.15) is 0 Å². The summed E-state index contributed by atoms with van der Waals surface area (Å²) in [6.07, 6.45) is 3.85. The average molecular weight is 376 g/mol. The van der Waals surface area contributed by atoms with Crippen molar-refractivity contribution in [2.45, 2.75) is 38.7 Å². The van der Waals surface area contributed by atoms with Crippen LogP contribution < -0.4 is 4.90 Å². The first-order valence-electron chi connectivity index (χ1n) is 9.77. The molecule has 0 saturated heterocycles. The topological polar surface area (TPSA) is 62.4 Å². The van der Waals surface area contributed by atoms with Crippen molar-refractivity contribution in [3.63, 3.8) is 0 Å². The molecule has 2 heterocycles. The molecule has 1 aromatic heterocycles. The zero-order valence-corrected chi connectivity index (χ0v) is 16.0. The zero-order chi connectivity index (χ0) is 19.5. The number of hydrogen-bond acceptors (Lipinski definition) is 3. The Kier molecular flexibility index (Phi) is 5.15. The van der Waals surface area contributed by atoms with Gasteiger partial charge in [-0.15, -0.1) is 0 Å². The van der Waals surface area contributed by atoms with Crippen LogP contribution in [0.15, 0.2) is 54.7 Å². The molecule has 1 N–H and O–H groups in total. The fourth-order valence-electron chi connectivity index (χ4n) is 3.86. The van der Waals surface area contributed by atoms with Gasteiger partial charge in [0, 0.05) is 35.8 Å². The van der Waals surface area contributed by atoms with Crippen LogP contribution in [0.1, 0.15) is 30.9 Å². The van der Waals surface area contributed by atoms with E-state index in [0.717, 1.165) is 35.0 Å². The molecule has 4 rings (SSSR count). The monoisotopic (exact) mass is 376 g/mol. The number of rotatable bonds is 5. The molecule has 5 nitrogen and oxygen atoms in total. The van der Waals surface area contributed by atoms with Crippen molar-refractivity contribution in [2.24, 2.45) is 0 Å². The van der Waals surface area contributed by atoms with E-state index in [1.807, 2.05) is 54.7 Å². The number of nitrogens with one attached hydrogen (secondary N) is 1. The van der Waals surface area contributed by atoms with Crippen LogP contribution in [-0.2, 0) is 27.2 Å². The molecular weight excluding hydrogens is 352 g/mol. The number of nitrogens with zero attached hydrogens (tertiary/aromatic N) is 1. The number of aromatic nitrogens is 1. The van der Waals surface area contributed by atoms with Crippen LogP contribution in [-0.4, -0.2) is 29.5 Å². The zero-order valence-electron chi connectivity index (χ0n) is 16.0. The van der Waals surface area contributed by atoms with Crippen LogP contribution >= 0.6 is 0 Å². The molecule has 28 heavy (non-hydrogen) atoms. The summed E-state index contributed by atoms with van der Waals surface area (Å²) < 4.78 is 5.45. The number of carbonyl (C=O) groups is 2. The molecule has 0 bridgehead atoms. The number of esters is 1. The molecule has 1 amide bonds. The summed E-state index contributed by atoms with van der Waals surface area (Å²) >= 11 is 0. The Morgan fingerprint density at radius 2 is 1.93 bits per heavy atom. The van der Waals surface area contributed by atoms with E-state index in [9.17, 15) is 9.59 Å². The minimum absolute atomic E-state index is 0.160. The standard InChI is InChI=1S/C23H24N2O3/c1-16(23(27)25-14-6-8-17-7-2-5-11-21(17)25)28-22(26)13-12-18-15-24-20-10-4-3-9-19(18)20/h2-5,7,9-11,15-16,24H,6,8,12-14H2,1H3/t16-/m1/s1. The van der Waals surface area contributed by atoms with Crippen molar-refractivity contribution in [3.8, 4) is 0 Å². The number of fused-ring (bicyclic) bond motifs is 2. The molecule has 2 aromatic carbocycles. The van der Waals surface area contributed by atoms with Gasteiger partial charge in [0.05, 0.1) is 0 Å². The van der Waals surface area contributed by atoms with Crippen molar-refractivity contribution in [2.75, 3.05) is 11.4 Å². The van der Waals surface area contributed by atoms with Gasteiger partial charge in [-0.05, 0) is 49.4 Å². The summed E-state index contributed by atoms with van der Waals surface area (Å²) in [6.45, 7) is 2.32. The lowest BCUT2D eigenvalue weighted by Gasteiger charge is -2.31. The summed E-state index contributed by atoms with van der Waals surface area (Å²) in [6, 6.07) is 15.9. The smallest absolute Gasteiger partial charge is 0.306 e. The molecule has 1 atom stereocenters. The van der Waals surface area contributed by atoms with Gasteiger partial charge in [-0.3, -0.25) is 9.59 Å². The predicted molar refractivity (Wildman–Crippen MR) is 109 cm³/mol. The summed E-state index contributed by atoms with van der Waals surface area (Å²) in [4.78, 5) is 30.1. The maximum atomic E-state index is 12.8. The highest BCUT2D eigenvalue weighted by Crippen LogP contribution is 2.27. The molecule has 144 valence electrons. The Hall–Kier alpha value is -3.08. The number of aromatic amines is 1. The highest BCUT2D eigenvalue weighted by atomic mass is 16.5. The number of hydrogen-bond donors (Lipinski definition) is 1. The molecule has 0 saturated carbocycles. The second-order valence-electron chi connectivity index (χ2n) is 7.21. The number of para-hydroxylation sites is 2. The lowest BCUT2D eigenvalue weighted by Crippen LogP contribution is -2.42. The lowest BCUT2D eigenvalue weighted by molar-refractivity contribution is -0.153. The van der Waals surface area contributed by atoms with Crippen molar-refractivity contribution in [1.29, 1.82) is 0 Å². The number of anilines is 1. The Labute approximate surface area is 164 Å². The third-order valence-corrected chi connectivity index (χ3v) is 5.31. The van der Waals surface area contributed by atoms with Crippen LogP contribution in [0.4, 0.5) is 5.69 Å². The van der Waals surface area contributed by atoms with Crippen LogP contribution in [0, 0.1) is 0 Å². The number of ether oxygens (including phenoxy) is 1. The molecule has 0 spiro atoms. The van der Waals surface area contributed by atoms with Crippen molar-refractivity contribution < 1.29 is 14.3 Å². The van der Waals surface area contributed by atoms with Gasteiger partial charge in [0.15, 0.2) is 6.10 Å². The Balaban J connectivity index is 1.36. The molecule has 0 aliphatic carbocycles. The van der Waals surface area contributed by atoms with Gasteiger partial charge < -0.3 is 14.6 Å². The second-order valence-corrected chi connectivity index (χ2v) is 7.21. The molecule has 0 radical (unpaired) electrons. The number of H-pyrrole nitrogens is 1. The molecule has 1 aliphatic rings. The third kappa shape index (κ3) is 3.65. The SMILES string of the molecule is C[C@@H](OC(=O)CCc1c[nH]c2ccccc12)C(=O)N1CCCc2ccccc21. The molecule has 1 aliphatic heterocycles. The molecule has 0 unspecified atom stereocenters. The Morgan fingerprint density at radius 3 is 2.82 bits per heavy atom. The van der Waals surface area contributed by atoms with Gasteiger partial charge in [-0.25, -0.2) is 0 Å². The Morgan fingerprint density at radius 1 is 1.14 bits per heavy atom.